The molecule has 4 rings (SSSR count). The molecule has 0 radical (unpaired) electrons. The summed E-state index contributed by atoms with van der Waals surface area (Å²) < 4.78 is 39.1. The highest BCUT2D eigenvalue weighted by atomic mass is 32.2. The number of nitriles is 1. The lowest BCUT2D eigenvalue weighted by atomic mass is 10.1. The van der Waals surface area contributed by atoms with Crippen molar-refractivity contribution in [1.82, 2.24) is 4.57 Å². The molecule has 0 saturated carbocycles. The van der Waals surface area contributed by atoms with Crippen LogP contribution in [0.3, 0.4) is 0 Å². The molecule has 0 fully saturated rings. The number of fused-ring (bicyclic) bond motifs is 1. The van der Waals surface area contributed by atoms with E-state index in [-0.39, 0.29) is 9.99 Å². The minimum atomic E-state index is -3.65. The van der Waals surface area contributed by atoms with Gasteiger partial charge >= 0.3 is 5.97 Å². The predicted molar refractivity (Wildman–Crippen MR) is 139 cm³/mol. The van der Waals surface area contributed by atoms with Gasteiger partial charge in [0.1, 0.15) is 9.96 Å². The Bertz CT molecular complexity index is 1550. The summed E-state index contributed by atoms with van der Waals surface area (Å²) in [6.45, 7) is -0.412. The van der Waals surface area contributed by atoms with Gasteiger partial charge < -0.3 is 14.0 Å². The van der Waals surface area contributed by atoms with Gasteiger partial charge in [0.2, 0.25) is 5.78 Å². The molecule has 190 valence electrons. The Hall–Kier alpha value is -4.14. The number of rotatable bonds is 11. The van der Waals surface area contributed by atoms with Gasteiger partial charge in [0.15, 0.2) is 13.2 Å². The van der Waals surface area contributed by atoms with Crippen LogP contribution in [-0.2, 0) is 26.1 Å². The van der Waals surface area contributed by atoms with E-state index in [4.69, 9.17) is 14.7 Å². The fourth-order valence-corrected chi connectivity index (χ4v) is 6.03. The van der Waals surface area contributed by atoms with Crippen molar-refractivity contribution in [3.05, 3.63) is 77.8 Å². The van der Waals surface area contributed by atoms with Gasteiger partial charge in [0.25, 0.3) is 10.0 Å². The molecule has 0 unspecified atom stereocenters. The fraction of sp³-hybridized carbons (Fsp3) is 0.192. The number of sulfonamides is 1. The Labute approximate surface area is 218 Å². The summed E-state index contributed by atoms with van der Waals surface area (Å²) in [4.78, 5) is 24.9. The van der Waals surface area contributed by atoms with Crippen LogP contribution in [-0.4, -0.2) is 45.0 Å². The molecule has 2 aromatic carbocycles. The first-order valence-corrected chi connectivity index (χ1v) is 13.5. The molecule has 0 aliphatic carbocycles. The van der Waals surface area contributed by atoms with Gasteiger partial charge in [-0.25, -0.2) is 13.2 Å². The number of ether oxygens (including phenoxy) is 2. The number of anilines is 1. The van der Waals surface area contributed by atoms with E-state index in [1.165, 1.54) is 17.4 Å². The first-order valence-electron chi connectivity index (χ1n) is 11.2. The van der Waals surface area contributed by atoms with Gasteiger partial charge in [-0.1, -0.05) is 24.3 Å². The zero-order valence-corrected chi connectivity index (χ0v) is 21.5. The summed E-state index contributed by atoms with van der Waals surface area (Å²) >= 11 is 1.13. The molecule has 0 aliphatic heterocycles. The SMILES string of the molecule is CN(c1ccc(OCC(=O)OCC(=O)c2cn(CCC#N)c3ccccc23)cc1)S(=O)(=O)c1cccs1. The first kappa shape index (κ1) is 25.9. The summed E-state index contributed by atoms with van der Waals surface area (Å²) in [6.07, 6.45) is 1.98. The van der Waals surface area contributed by atoms with Crippen LogP contribution >= 0.6 is 11.3 Å². The van der Waals surface area contributed by atoms with Crippen LogP contribution in [0.25, 0.3) is 10.9 Å². The number of hydrogen-bond acceptors (Lipinski definition) is 8. The second-order valence-electron chi connectivity index (χ2n) is 7.93. The number of nitrogens with zero attached hydrogens (tertiary/aromatic N) is 3. The molecule has 4 aromatic rings. The van der Waals surface area contributed by atoms with Gasteiger partial charge in [-0.15, -0.1) is 11.3 Å². The van der Waals surface area contributed by atoms with E-state index in [2.05, 4.69) is 6.07 Å². The van der Waals surface area contributed by atoms with Crippen LogP contribution in [0.5, 0.6) is 5.75 Å². The fourth-order valence-electron chi connectivity index (χ4n) is 3.67. The monoisotopic (exact) mass is 537 g/mol. The molecule has 0 saturated heterocycles. The summed E-state index contributed by atoms with van der Waals surface area (Å²) in [5.74, 6) is -0.739. The number of esters is 1. The van der Waals surface area contributed by atoms with Gasteiger partial charge in [0, 0.05) is 36.3 Å². The predicted octanol–water partition coefficient (Wildman–Crippen LogP) is 4.25. The molecular formula is C26H23N3O6S2. The Balaban J connectivity index is 1.32. The van der Waals surface area contributed by atoms with Gasteiger partial charge in [0.05, 0.1) is 18.2 Å². The minimum absolute atomic E-state index is 0.236. The number of hydrogen-bond donors (Lipinski definition) is 0. The molecule has 11 heteroatoms. The topological polar surface area (TPSA) is 119 Å². The van der Waals surface area contributed by atoms with Crippen molar-refractivity contribution in [2.75, 3.05) is 24.6 Å². The van der Waals surface area contributed by atoms with Crippen molar-refractivity contribution < 1.29 is 27.5 Å². The average Bonchev–Trinajstić information content (AvgIpc) is 3.58. The molecule has 0 N–H and O–H groups in total. The van der Waals surface area contributed by atoms with E-state index in [1.54, 1.807) is 41.9 Å². The van der Waals surface area contributed by atoms with E-state index < -0.39 is 29.2 Å². The standard InChI is InChI=1S/C26H23N3O6S2/c1-28(37(32,33)26-8-4-15-36-26)19-9-11-20(12-10-19)34-18-25(31)35-17-24(30)22-16-29(14-5-13-27)23-7-3-2-6-21(22)23/h2-4,6-12,15-16H,5,14,17-18H2,1H3. The maximum absolute atomic E-state index is 12.7. The Morgan fingerprint density at radius 1 is 1.05 bits per heavy atom. The highest BCUT2D eigenvalue weighted by Gasteiger charge is 2.22. The molecule has 2 aromatic heterocycles. The third-order valence-electron chi connectivity index (χ3n) is 5.58. The van der Waals surface area contributed by atoms with Crippen molar-refractivity contribution >= 4 is 49.7 Å². The van der Waals surface area contributed by atoms with Crippen LogP contribution in [0.15, 0.2) is 76.4 Å². The van der Waals surface area contributed by atoms with Crippen molar-refractivity contribution in [3.63, 3.8) is 0 Å². The number of carbonyl (C=O) groups is 2. The van der Waals surface area contributed by atoms with E-state index in [0.717, 1.165) is 22.2 Å². The summed E-state index contributed by atoms with van der Waals surface area (Å²) in [5, 5.41) is 11.3. The van der Waals surface area contributed by atoms with Crippen LogP contribution in [0.1, 0.15) is 16.8 Å². The quantitative estimate of drug-likeness (QED) is 0.207. The van der Waals surface area contributed by atoms with Crippen LogP contribution < -0.4 is 9.04 Å². The largest absolute Gasteiger partial charge is 0.482 e. The molecule has 0 aliphatic rings. The minimum Gasteiger partial charge on any atom is -0.482 e. The highest BCUT2D eigenvalue weighted by Crippen LogP contribution is 2.27. The van der Waals surface area contributed by atoms with Crippen LogP contribution in [0.4, 0.5) is 5.69 Å². The summed E-state index contributed by atoms with van der Waals surface area (Å²) in [7, 11) is -2.20. The number of thiophene rings is 1. The lowest BCUT2D eigenvalue weighted by molar-refractivity contribution is -0.144. The number of carbonyl (C=O) groups excluding carboxylic acids is 2. The number of aryl methyl sites for hydroxylation is 1. The van der Waals surface area contributed by atoms with Crippen molar-refractivity contribution in [3.8, 4) is 11.8 Å². The lowest BCUT2D eigenvalue weighted by Gasteiger charge is -2.18. The summed E-state index contributed by atoms with van der Waals surface area (Å²) in [5.41, 5.74) is 1.68. The average molecular weight is 538 g/mol. The number of para-hydroxylation sites is 1. The molecule has 9 nitrogen and oxygen atoms in total. The number of aromatic nitrogens is 1. The lowest BCUT2D eigenvalue weighted by Crippen LogP contribution is -2.25. The van der Waals surface area contributed by atoms with Crippen LogP contribution in [0, 0.1) is 11.3 Å². The molecule has 2 heterocycles. The molecule has 0 amide bonds. The Morgan fingerprint density at radius 3 is 2.51 bits per heavy atom. The van der Waals surface area contributed by atoms with Crippen molar-refractivity contribution in [2.24, 2.45) is 0 Å². The maximum atomic E-state index is 12.7. The summed E-state index contributed by atoms with van der Waals surface area (Å²) in [6, 6.07) is 18.9. The Kier molecular flexibility index (Phi) is 7.91. The third kappa shape index (κ3) is 5.82. The number of ketones is 1. The van der Waals surface area contributed by atoms with E-state index in [9.17, 15) is 18.0 Å². The zero-order chi connectivity index (χ0) is 26.4. The molecule has 0 spiro atoms. The second kappa shape index (κ2) is 11.3. The third-order valence-corrected chi connectivity index (χ3v) is 8.74. The van der Waals surface area contributed by atoms with Gasteiger partial charge in [-0.2, -0.15) is 5.26 Å². The van der Waals surface area contributed by atoms with Gasteiger partial charge in [-0.3, -0.25) is 9.10 Å². The van der Waals surface area contributed by atoms with Gasteiger partial charge in [-0.05, 0) is 41.8 Å². The molecule has 0 bridgehead atoms. The second-order valence-corrected chi connectivity index (χ2v) is 11.1. The molecular weight excluding hydrogens is 514 g/mol. The van der Waals surface area contributed by atoms with Crippen molar-refractivity contribution in [2.45, 2.75) is 17.2 Å². The van der Waals surface area contributed by atoms with E-state index >= 15 is 0 Å². The number of Topliss-reactive ketones (excluding diaryl/α,β-unsaturated/α-hetero) is 1. The van der Waals surface area contributed by atoms with E-state index in [0.29, 0.717) is 30.0 Å². The molecule has 37 heavy (non-hydrogen) atoms. The van der Waals surface area contributed by atoms with E-state index in [1.807, 2.05) is 28.8 Å². The van der Waals surface area contributed by atoms with Crippen molar-refractivity contribution in [1.29, 1.82) is 5.26 Å². The smallest absolute Gasteiger partial charge is 0.344 e. The maximum Gasteiger partial charge on any atom is 0.344 e. The highest BCUT2D eigenvalue weighted by molar-refractivity contribution is 7.94. The normalized spacial score (nSPS) is 11.1. The van der Waals surface area contributed by atoms with Crippen LogP contribution in [0.2, 0.25) is 0 Å². The Morgan fingerprint density at radius 2 is 1.81 bits per heavy atom. The molecule has 0 atom stereocenters. The number of benzene rings is 2. The first-order chi connectivity index (χ1) is 17.8. The zero-order valence-electron chi connectivity index (χ0n) is 19.9.